The Kier molecular flexibility index (Phi) is 4.36. The quantitative estimate of drug-likeness (QED) is 0.736. The van der Waals surface area contributed by atoms with Gasteiger partial charge in [-0.1, -0.05) is 31.5 Å². The third-order valence-electron chi connectivity index (χ3n) is 5.69. The zero-order valence-corrected chi connectivity index (χ0v) is 14.5. The van der Waals surface area contributed by atoms with Crippen molar-refractivity contribution in [2.45, 2.75) is 32.7 Å². The molecule has 3 nitrogen and oxygen atoms in total. The molecule has 3 aliphatic carbocycles. The molecule has 0 aliphatic heterocycles. The summed E-state index contributed by atoms with van der Waals surface area (Å²) in [6, 6.07) is 7.76. The van der Waals surface area contributed by atoms with E-state index in [-0.39, 0.29) is 18.6 Å². The van der Waals surface area contributed by atoms with E-state index < -0.39 is 0 Å². The van der Waals surface area contributed by atoms with E-state index in [1.54, 1.807) is 0 Å². The first-order chi connectivity index (χ1) is 10.4. The first-order valence-electron chi connectivity index (χ1n) is 7.85. The van der Waals surface area contributed by atoms with Crippen molar-refractivity contribution in [2.75, 3.05) is 11.9 Å². The molecule has 4 atom stereocenters. The Morgan fingerprint density at radius 2 is 2.18 bits per heavy atom. The molecule has 3 fully saturated rings. The summed E-state index contributed by atoms with van der Waals surface area (Å²) < 4.78 is 0. The molecule has 3 N–H and O–H groups in total. The Balaban J connectivity index is 1.67. The van der Waals surface area contributed by atoms with Gasteiger partial charge in [0.15, 0.2) is 5.11 Å². The Bertz CT molecular complexity index is 578. The molecule has 0 heterocycles. The number of aliphatic hydroxyl groups excluding tert-OH is 1. The topological polar surface area (TPSA) is 44.3 Å². The Morgan fingerprint density at radius 1 is 1.41 bits per heavy atom. The summed E-state index contributed by atoms with van der Waals surface area (Å²) >= 11 is 11.5. The molecule has 5 heteroatoms. The fraction of sp³-hybridized carbons (Fsp3) is 0.588. The highest BCUT2D eigenvalue weighted by molar-refractivity contribution is 7.80. The molecule has 2 bridgehead atoms. The number of halogens is 1. The number of hydrogen-bond donors (Lipinski definition) is 3. The minimum Gasteiger partial charge on any atom is -0.396 e. The number of thiocarbonyl (C=S) groups is 1. The van der Waals surface area contributed by atoms with E-state index in [0.717, 1.165) is 18.0 Å². The molecule has 0 saturated heterocycles. The normalized spacial score (nSPS) is 32.0. The summed E-state index contributed by atoms with van der Waals surface area (Å²) in [4.78, 5) is 0. The third kappa shape index (κ3) is 2.84. The Hall–Kier alpha value is -0.840. The number of aliphatic hydroxyl groups is 1. The lowest BCUT2D eigenvalue weighted by Gasteiger charge is -2.62. The summed E-state index contributed by atoms with van der Waals surface area (Å²) in [5.74, 6) is 1.60. The van der Waals surface area contributed by atoms with E-state index in [1.807, 2.05) is 24.3 Å². The number of rotatable bonds is 3. The van der Waals surface area contributed by atoms with Crippen LogP contribution in [0.5, 0.6) is 0 Å². The van der Waals surface area contributed by atoms with Gasteiger partial charge in [-0.15, -0.1) is 0 Å². The molecule has 22 heavy (non-hydrogen) atoms. The zero-order chi connectivity index (χ0) is 15.9. The van der Waals surface area contributed by atoms with Gasteiger partial charge in [0, 0.05) is 29.3 Å². The van der Waals surface area contributed by atoms with Crippen LogP contribution in [0.15, 0.2) is 24.3 Å². The lowest BCUT2D eigenvalue weighted by Crippen LogP contribution is -2.64. The average molecular weight is 339 g/mol. The second-order valence-corrected chi connectivity index (χ2v) is 8.02. The highest BCUT2D eigenvalue weighted by Crippen LogP contribution is 2.60. The highest BCUT2D eigenvalue weighted by atomic mass is 35.5. The number of nitrogens with one attached hydrogen (secondary N) is 2. The van der Waals surface area contributed by atoms with Crippen LogP contribution in [0.2, 0.25) is 5.02 Å². The fourth-order valence-electron chi connectivity index (χ4n) is 4.20. The molecule has 120 valence electrons. The summed E-state index contributed by atoms with van der Waals surface area (Å²) in [6.45, 7) is 4.89. The molecule has 4 rings (SSSR count). The second kappa shape index (κ2) is 5.99. The van der Waals surface area contributed by atoms with Crippen molar-refractivity contribution in [1.29, 1.82) is 0 Å². The van der Waals surface area contributed by atoms with Crippen LogP contribution < -0.4 is 10.6 Å². The highest BCUT2D eigenvalue weighted by Gasteiger charge is 2.57. The molecule has 1 aromatic carbocycles. The van der Waals surface area contributed by atoms with Gasteiger partial charge in [0.05, 0.1) is 0 Å². The first-order valence-corrected chi connectivity index (χ1v) is 8.64. The molecule has 0 radical (unpaired) electrons. The molecule has 1 aromatic rings. The van der Waals surface area contributed by atoms with Gasteiger partial charge in [0.2, 0.25) is 0 Å². The summed E-state index contributed by atoms with van der Waals surface area (Å²) in [5, 5.41) is 17.6. The van der Waals surface area contributed by atoms with Gasteiger partial charge < -0.3 is 15.7 Å². The van der Waals surface area contributed by atoms with Crippen molar-refractivity contribution in [3.8, 4) is 0 Å². The maximum Gasteiger partial charge on any atom is 0.171 e. The summed E-state index contributed by atoms with van der Waals surface area (Å²) in [6.07, 6.45) is 2.32. The number of hydrogen-bond acceptors (Lipinski definition) is 2. The standard InChI is InChI=1S/C17H23ClN2OS/c1-17(2)11-6-10(9-21)15(14(17)7-11)20-16(22)19-13-5-3-4-12(18)8-13/h3-5,8,10-11,14-15,21H,6-7,9H2,1-2H3,(H2,19,20,22)/t10-,11-,14-,15-/m0/s1. The molecular weight excluding hydrogens is 316 g/mol. The van der Waals surface area contributed by atoms with E-state index in [0.29, 0.717) is 21.5 Å². The van der Waals surface area contributed by atoms with E-state index in [9.17, 15) is 5.11 Å². The fourth-order valence-corrected chi connectivity index (χ4v) is 4.64. The van der Waals surface area contributed by atoms with E-state index >= 15 is 0 Å². The third-order valence-corrected chi connectivity index (χ3v) is 6.14. The lowest BCUT2D eigenvalue weighted by atomic mass is 9.45. The van der Waals surface area contributed by atoms with Gasteiger partial charge >= 0.3 is 0 Å². The van der Waals surface area contributed by atoms with Gasteiger partial charge in [0.25, 0.3) is 0 Å². The Labute approximate surface area is 142 Å². The molecule has 3 saturated carbocycles. The molecule has 0 spiro atoms. The van der Waals surface area contributed by atoms with Crippen molar-refractivity contribution < 1.29 is 5.11 Å². The maximum absolute atomic E-state index is 9.69. The number of anilines is 1. The van der Waals surface area contributed by atoms with Crippen molar-refractivity contribution in [3.63, 3.8) is 0 Å². The Morgan fingerprint density at radius 3 is 2.82 bits per heavy atom. The monoisotopic (exact) mass is 338 g/mol. The molecule has 0 unspecified atom stereocenters. The van der Waals surface area contributed by atoms with E-state index in [1.165, 1.54) is 6.42 Å². The van der Waals surface area contributed by atoms with Crippen molar-refractivity contribution in [2.24, 2.45) is 23.2 Å². The summed E-state index contributed by atoms with van der Waals surface area (Å²) in [7, 11) is 0. The van der Waals surface area contributed by atoms with E-state index in [2.05, 4.69) is 24.5 Å². The number of fused-ring (bicyclic) bond motifs is 2. The van der Waals surface area contributed by atoms with Gasteiger partial charge in [-0.05, 0) is 60.5 Å². The van der Waals surface area contributed by atoms with Gasteiger partial charge in [0.1, 0.15) is 0 Å². The van der Waals surface area contributed by atoms with Gasteiger partial charge in [-0.25, -0.2) is 0 Å². The maximum atomic E-state index is 9.69. The van der Waals surface area contributed by atoms with Gasteiger partial charge in [-0.3, -0.25) is 0 Å². The SMILES string of the molecule is CC1(C)[C@H]2C[C@@H](CO)[C@H](NC(=S)Nc3cccc(Cl)c3)[C@@H]1C2. The second-order valence-electron chi connectivity index (χ2n) is 7.17. The van der Waals surface area contributed by atoms with Crippen molar-refractivity contribution in [3.05, 3.63) is 29.3 Å². The minimum absolute atomic E-state index is 0.223. The van der Waals surface area contributed by atoms with Crippen LogP contribution in [0.1, 0.15) is 26.7 Å². The van der Waals surface area contributed by atoms with E-state index in [4.69, 9.17) is 23.8 Å². The predicted molar refractivity (Wildman–Crippen MR) is 95.2 cm³/mol. The molecule has 0 aromatic heterocycles. The smallest absolute Gasteiger partial charge is 0.171 e. The van der Waals surface area contributed by atoms with Crippen LogP contribution in [-0.4, -0.2) is 22.9 Å². The zero-order valence-electron chi connectivity index (χ0n) is 13.0. The van der Waals surface area contributed by atoms with Crippen molar-refractivity contribution in [1.82, 2.24) is 5.32 Å². The first kappa shape index (κ1) is 16.0. The van der Waals surface area contributed by atoms with Crippen LogP contribution in [-0.2, 0) is 0 Å². The van der Waals surface area contributed by atoms with Crippen LogP contribution in [0, 0.1) is 23.2 Å². The molecule has 0 amide bonds. The van der Waals surface area contributed by atoms with Crippen molar-refractivity contribution >= 4 is 34.6 Å². The molecule has 3 aliphatic rings. The molecular formula is C17H23ClN2OS. The van der Waals surface area contributed by atoms with Crippen LogP contribution in [0.4, 0.5) is 5.69 Å². The van der Waals surface area contributed by atoms with Gasteiger partial charge in [-0.2, -0.15) is 0 Å². The predicted octanol–water partition coefficient (Wildman–Crippen LogP) is 3.67. The van der Waals surface area contributed by atoms with Crippen LogP contribution in [0.25, 0.3) is 0 Å². The largest absolute Gasteiger partial charge is 0.396 e. The average Bonchev–Trinajstić information content (AvgIpc) is 2.46. The summed E-state index contributed by atoms with van der Waals surface area (Å²) in [5.41, 5.74) is 1.22. The minimum atomic E-state index is 0.223. The van der Waals surface area contributed by atoms with Crippen LogP contribution >= 0.6 is 23.8 Å². The van der Waals surface area contributed by atoms with Crippen LogP contribution in [0.3, 0.4) is 0 Å². The lowest BCUT2D eigenvalue weighted by molar-refractivity contribution is -0.118. The number of benzene rings is 1.